The van der Waals surface area contributed by atoms with Crippen LogP contribution in [0.3, 0.4) is 0 Å². The lowest BCUT2D eigenvalue weighted by atomic mass is 9.96. The molecule has 0 amide bonds. The maximum Gasteiger partial charge on any atom is 0.167 e. The van der Waals surface area contributed by atoms with E-state index in [1.807, 2.05) is 0 Å². The predicted octanol–water partition coefficient (Wildman–Crippen LogP) is -1.54. The normalized spacial score (nSPS) is 30.0. The van der Waals surface area contributed by atoms with E-state index < -0.39 is 30.6 Å². The molecule has 1 saturated heterocycles. The summed E-state index contributed by atoms with van der Waals surface area (Å²) in [6, 6.07) is 0. The van der Waals surface area contributed by atoms with Gasteiger partial charge in [0.05, 0.1) is 12.0 Å². The molecule has 10 nitrogen and oxygen atoms in total. The van der Waals surface area contributed by atoms with Gasteiger partial charge in [-0.15, -0.1) is 0 Å². The molecular formula is C14H19N5O5. The Hall–Kier alpha value is -2.11. The molecule has 1 fully saturated rings. The number of nitrogens with zero attached hydrogens (tertiary/aromatic N) is 3. The zero-order valence-corrected chi connectivity index (χ0v) is 13.0. The standard InChI is InChI=1S/C14H19N5O5/c1-14(23)10(22)8(5-21)24-13(14)19-4-7(2-3-20)9-11(18-15)16-6-17-12(9)19/h3-4,6,8,10,13,21-23H,2,5,15H2,1H3,(H,16,17,18)/t8-,10-,13-,14-/m1/s1. The molecule has 4 atom stereocenters. The van der Waals surface area contributed by atoms with Crippen LogP contribution in [0.4, 0.5) is 5.82 Å². The number of hydrogen-bond donors (Lipinski definition) is 5. The third kappa shape index (κ3) is 2.36. The topological polar surface area (TPSA) is 156 Å². The van der Waals surface area contributed by atoms with E-state index in [0.29, 0.717) is 22.4 Å². The van der Waals surface area contributed by atoms with Crippen molar-refractivity contribution in [1.82, 2.24) is 14.5 Å². The minimum absolute atomic E-state index is 0.0897. The first kappa shape index (κ1) is 16.7. The molecule has 0 radical (unpaired) electrons. The van der Waals surface area contributed by atoms with Crippen molar-refractivity contribution in [2.45, 2.75) is 37.4 Å². The number of carbonyl (C=O) groups is 1. The number of nitrogen functional groups attached to an aromatic ring is 1. The molecule has 0 unspecified atom stereocenters. The third-order valence-electron chi connectivity index (χ3n) is 4.32. The molecule has 0 aliphatic carbocycles. The molecular weight excluding hydrogens is 318 g/mol. The molecule has 3 rings (SSSR count). The van der Waals surface area contributed by atoms with Gasteiger partial charge in [-0.2, -0.15) is 0 Å². The summed E-state index contributed by atoms with van der Waals surface area (Å²) < 4.78 is 7.12. The van der Waals surface area contributed by atoms with Gasteiger partial charge in [-0.1, -0.05) is 0 Å². The van der Waals surface area contributed by atoms with Gasteiger partial charge in [0.2, 0.25) is 0 Å². The zero-order valence-electron chi connectivity index (χ0n) is 13.0. The lowest BCUT2D eigenvalue weighted by Gasteiger charge is -2.27. The van der Waals surface area contributed by atoms with Crippen LogP contribution in [0.25, 0.3) is 11.0 Å². The largest absolute Gasteiger partial charge is 0.394 e. The number of aliphatic hydroxyl groups is 3. The lowest BCUT2D eigenvalue weighted by Crippen LogP contribution is -2.44. The van der Waals surface area contributed by atoms with Crippen molar-refractivity contribution in [3.05, 3.63) is 18.1 Å². The van der Waals surface area contributed by atoms with E-state index in [9.17, 15) is 20.1 Å². The van der Waals surface area contributed by atoms with Gasteiger partial charge in [-0.3, -0.25) is 0 Å². The molecule has 24 heavy (non-hydrogen) atoms. The van der Waals surface area contributed by atoms with E-state index in [1.54, 1.807) is 6.20 Å². The van der Waals surface area contributed by atoms with Crippen molar-refractivity contribution in [2.75, 3.05) is 12.0 Å². The number of fused-ring (bicyclic) bond motifs is 1. The van der Waals surface area contributed by atoms with Crippen molar-refractivity contribution < 1.29 is 24.9 Å². The highest BCUT2D eigenvalue weighted by molar-refractivity contribution is 5.92. The Kier molecular flexibility index (Phi) is 4.24. The van der Waals surface area contributed by atoms with Gasteiger partial charge >= 0.3 is 0 Å². The maximum atomic E-state index is 11.0. The SMILES string of the molecule is C[C@@]1(O)[C@H](O)[C@@H](CO)O[C@H]1n1cc(CC=O)c2c(NN)ncnc21. The Morgan fingerprint density at radius 1 is 1.54 bits per heavy atom. The van der Waals surface area contributed by atoms with Gasteiger partial charge in [0.15, 0.2) is 12.0 Å². The third-order valence-corrected chi connectivity index (χ3v) is 4.32. The number of nitrogens with one attached hydrogen (secondary N) is 1. The van der Waals surface area contributed by atoms with Gasteiger partial charge in [0.1, 0.15) is 36.1 Å². The van der Waals surface area contributed by atoms with E-state index >= 15 is 0 Å². The van der Waals surface area contributed by atoms with E-state index in [1.165, 1.54) is 17.8 Å². The molecule has 10 heteroatoms. The summed E-state index contributed by atoms with van der Waals surface area (Å²) >= 11 is 0. The Bertz CT molecular complexity index is 761. The van der Waals surface area contributed by atoms with Crippen LogP contribution in [-0.2, 0) is 16.0 Å². The molecule has 6 N–H and O–H groups in total. The lowest BCUT2D eigenvalue weighted by molar-refractivity contribution is -0.107. The molecule has 2 aromatic heterocycles. The van der Waals surface area contributed by atoms with Crippen LogP contribution in [-0.4, -0.2) is 60.6 Å². The number of aromatic nitrogens is 3. The highest BCUT2D eigenvalue weighted by Crippen LogP contribution is 2.40. The van der Waals surface area contributed by atoms with Gasteiger partial charge in [-0.05, 0) is 12.5 Å². The molecule has 1 aliphatic rings. The van der Waals surface area contributed by atoms with Crippen LogP contribution in [0.15, 0.2) is 12.5 Å². The van der Waals surface area contributed by atoms with Crippen molar-refractivity contribution in [3.63, 3.8) is 0 Å². The fourth-order valence-corrected chi connectivity index (χ4v) is 3.08. The molecule has 0 spiro atoms. The smallest absolute Gasteiger partial charge is 0.167 e. The van der Waals surface area contributed by atoms with Crippen LogP contribution < -0.4 is 11.3 Å². The average molecular weight is 337 g/mol. The zero-order chi connectivity index (χ0) is 17.5. The first-order chi connectivity index (χ1) is 11.5. The molecule has 0 saturated carbocycles. The van der Waals surface area contributed by atoms with Crippen LogP contribution in [0.5, 0.6) is 0 Å². The number of hydrogen-bond acceptors (Lipinski definition) is 9. The number of rotatable bonds is 5. The van der Waals surface area contributed by atoms with Crippen LogP contribution in [0.2, 0.25) is 0 Å². The Balaban J connectivity index is 2.18. The summed E-state index contributed by atoms with van der Waals surface area (Å²) in [5, 5.41) is 30.6. The highest BCUT2D eigenvalue weighted by atomic mass is 16.6. The molecule has 1 aliphatic heterocycles. The monoisotopic (exact) mass is 337 g/mol. The molecule has 2 aromatic rings. The number of hydrazine groups is 1. The molecule has 0 bridgehead atoms. The van der Waals surface area contributed by atoms with E-state index in [2.05, 4.69) is 15.4 Å². The van der Waals surface area contributed by atoms with Crippen molar-refractivity contribution in [2.24, 2.45) is 5.84 Å². The van der Waals surface area contributed by atoms with Gasteiger partial charge in [0, 0.05) is 12.6 Å². The number of ether oxygens (including phenoxy) is 1. The fourth-order valence-electron chi connectivity index (χ4n) is 3.08. The first-order valence-electron chi connectivity index (χ1n) is 7.37. The Morgan fingerprint density at radius 3 is 2.88 bits per heavy atom. The second-order valence-corrected chi connectivity index (χ2v) is 5.88. The number of aliphatic hydroxyl groups excluding tert-OH is 2. The van der Waals surface area contributed by atoms with Crippen LogP contribution in [0.1, 0.15) is 18.7 Å². The molecule has 0 aromatic carbocycles. The summed E-state index contributed by atoms with van der Waals surface area (Å²) in [6.07, 6.45) is 0.466. The van der Waals surface area contributed by atoms with Crippen molar-refractivity contribution >= 4 is 23.1 Å². The predicted molar refractivity (Wildman–Crippen MR) is 82.7 cm³/mol. The number of carbonyl (C=O) groups excluding carboxylic acids is 1. The first-order valence-corrected chi connectivity index (χ1v) is 7.37. The molecule has 130 valence electrons. The fraction of sp³-hybridized carbons (Fsp3) is 0.500. The van der Waals surface area contributed by atoms with Crippen molar-refractivity contribution in [1.29, 1.82) is 0 Å². The Labute approximate surface area is 136 Å². The number of aldehydes is 1. The van der Waals surface area contributed by atoms with Crippen LogP contribution >= 0.6 is 0 Å². The average Bonchev–Trinajstić information content (AvgIpc) is 3.04. The quantitative estimate of drug-likeness (QED) is 0.248. The molecule has 3 heterocycles. The summed E-state index contributed by atoms with van der Waals surface area (Å²) in [6.45, 7) is 0.964. The summed E-state index contributed by atoms with van der Waals surface area (Å²) in [5.41, 5.74) is 1.75. The van der Waals surface area contributed by atoms with E-state index in [4.69, 9.17) is 10.6 Å². The van der Waals surface area contributed by atoms with Crippen LogP contribution in [0, 0.1) is 0 Å². The second kappa shape index (κ2) is 6.07. The minimum Gasteiger partial charge on any atom is -0.394 e. The van der Waals surface area contributed by atoms with E-state index in [0.717, 1.165) is 6.29 Å². The van der Waals surface area contributed by atoms with Crippen molar-refractivity contribution in [3.8, 4) is 0 Å². The van der Waals surface area contributed by atoms with E-state index in [-0.39, 0.29) is 6.42 Å². The number of nitrogens with two attached hydrogens (primary N) is 1. The maximum absolute atomic E-state index is 11.0. The summed E-state index contributed by atoms with van der Waals surface area (Å²) in [5.74, 6) is 5.80. The summed E-state index contributed by atoms with van der Waals surface area (Å²) in [7, 11) is 0. The highest BCUT2D eigenvalue weighted by Gasteiger charge is 2.53. The number of anilines is 1. The van der Waals surface area contributed by atoms with Gasteiger partial charge in [-0.25, -0.2) is 15.8 Å². The minimum atomic E-state index is -1.67. The second-order valence-electron chi connectivity index (χ2n) is 5.88. The van der Waals surface area contributed by atoms with Gasteiger partial charge < -0.3 is 34.8 Å². The van der Waals surface area contributed by atoms with Gasteiger partial charge in [0.25, 0.3) is 0 Å². The Morgan fingerprint density at radius 2 is 2.29 bits per heavy atom. The summed E-state index contributed by atoms with van der Waals surface area (Å²) in [4.78, 5) is 19.2.